The predicted molar refractivity (Wildman–Crippen MR) is 126 cm³/mol. The van der Waals surface area contributed by atoms with Crippen LogP contribution in [0.15, 0.2) is 48.5 Å². The van der Waals surface area contributed by atoms with E-state index in [2.05, 4.69) is 72.6 Å². The van der Waals surface area contributed by atoms with Crippen LogP contribution >= 0.6 is 11.3 Å². The van der Waals surface area contributed by atoms with Gasteiger partial charge in [-0.05, 0) is 36.8 Å². The van der Waals surface area contributed by atoms with E-state index in [-0.39, 0.29) is 0 Å². The van der Waals surface area contributed by atoms with Gasteiger partial charge in [-0.3, -0.25) is 0 Å². The van der Waals surface area contributed by atoms with Crippen molar-refractivity contribution in [3.05, 3.63) is 59.7 Å². The largest absolute Gasteiger partial charge is 0.148 e. The van der Waals surface area contributed by atoms with Gasteiger partial charge in [0.15, 0.2) is 0 Å². The van der Waals surface area contributed by atoms with Gasteiger partial charge in [-0.15, -0.1) is 10.2 Å². The third-order valence-electron chi connectivity index (χ3n) is 5.46. The monoisotopic (exact) mass is 406 g/mol. The number of aromatic nitrogens is 2. The number of nitrogens with zero attached hydrogens (tertiary/aromatic N) is 2. The Morgan fingerprint density at radius 1 is 0.552 bits per heavy atom. The molecule has 0 aliphatic heterocycles. The van der Waals surface area contributed by atoms with E-state index in [9.17, 15) is 0 Å². The van der Waals surface area contributed by atoms with Crippen LogP contribution in [0.4, 0.5) is 0 Å². The molecule has 29 heavy (non-hydrogen) atoms. The van der Waals surface area contributed by atoms with E-state index >= 15 is 0 Å². The van der Waals surface area contributed by atoms with Gasteiger partial charge in [0.25, 0.3) is 0 Å². The highest BCUT2D eigenvalue weighted by Gasteiger charge is 2.09. The fraction of sp³-hybridized carbons (Fsp3) is 0.462. The Balaban J connectivity index is 1.57. The molecule has 154 valence electrons. The number of hydrogen-bond acceptors (Lipinski definition) is 3. The third kappa shape index (κ3) is 6.78. The van der Waals surface area contributed by atoms with Crippen LogP contribution in [0.1, 0.15) is 76.3 Å². The van der Waals surface area contributed by atoms with Gasteiger partial charge in [0, 0.05) is 11.1 Å². The van der Waals surface area contributed by atoms with Crippen molar-refractivity contribution in [3.8, 4) is 21.1 Å². The third-order valence-corrected chi connectivity index (χ3v) is 6.49. The first kappa shape index (κ1) is 21.7. The van der Waals surface area contributed by atoms with E-state index < -0.39 is 0 Å². The Morgan fingerprint density at radius 3 is 1.34 bits per heavy atom. The Bertz CT molecular complexity index is 764. The predicted octanol–water partition coefficient (Wildman–Crippen LogP) is 8.12. The molecule has 0 aliphatic carbocycles. The molecule has 0 spiro atoms. The topological polar surface area (TPSA) is 25.8 Å². The van der Waals surface area contributed by atoms with Crippen LogP contribution in [0.25, 0.3) is 21.1 Å². The lowest BCUT2D eigenvalue weighted by Crippen LogP contribution is -1.86. The molecular weight excluding hydrogens is 372 g/mol. The van der Waals surface area contributed by atoms with Crippen molar-refractivity contribution in [2.75, 3.05) is 0 Å². The minimum atomic E-state index is 1.00. The van der Waals surface area contributed by atoms with Crippen molar-refractivity contribution < 1.29 is 0 Å². The molecule has 0 bridgehead atoms. The van der Waals surface area contributed by atoms with Crippen LogP contribution in [-0.2, 0) is 12.8 Å². The van der Waals surface area contributed by atoms with Gasteiger partial charge in [-0.25, -0.2) is 0 Å². The summed E-state index contributed by atoms with van der Waals surface area (Å²) in [6, 6.07) is 17.8. The molecule has 0 amide bonds. The van der Waals surface area contributed by atoms with Gasteiger partial charge in [-0.1, -0.05) is 112 Å². The summed E-state index contributed by atoms with van der Waals surface area (Å²) in [5.41, 5.74) is 5.17. The maximum atomic E-state index is 4.44. The fourth-order valence-corrected chi connectivity index (χ4v) is 4.45. The molecule has 1 heterocycles. The molecule has 3 rings (SSSR count). The van der Waals surface area contributed by atoms with E-state index in [1.54, 1.807) is 11.3 Å². The molecule has 0 N–H and O–H groups in total. The van der Waals surface area contributed by atoms with Crippen molar-refractivity contribution in [3.63, 3.8) is 0 Å². The average Bonchev–Trinajstić information content (AvgIpc) is 3.25. The van der Waals surface area contributed by atoms with Crippen LogP contribution in [0, 0.1) is 0 Å². The lowest BCUT2D eigenvalue weighted by Gasteiger charge is -2.03. The molecule has 0 saturated carbocycles. The van der Waals surface area contributed by atoms with E-state index in [0.717, 1.165) is 10.0 Å². The molecular formula is C26H34N2S. The second-order valence-corrected chi connectivity index (χ2v) is 8.91. The summed E-state index contributed by atoms with van der Waals surface area (Å²) >= 11 is 1.68. The van der Waals surface area contributed by atoms with Crippen LogP contribution in [0.2, 0.25) is 0 Å². The van der Waals surface area contributed by atoms with E-state index in [4.69, 9.17) is 0 Å². The normalized spacial score (nSPS) is 11.1. The van der Waals surface area contributed by atoms with Crippen molar-refractivity contribution in [2.24, 2.45) is 0 Å². The smallest absolute Gasteiger partial charge is 0.138 e. The maximum Gasteiger partial charge on any atom is 0.148 e. The number of aryl methyl sites for hydroxylation is 2. The Labute approximate surface area is 180 Å². The van der Waals surface area contributed by atoms with Crippen LogP contribution in [0.3, 0.4) is 0 Å². The molecule has 0 radical (unpaired) electrons. The van der Waals surface area contributed by atoms with Gasteiger partial charge in [0.05, 0.1) is 0 Å². The first-order valence-electron chi connectivity index (χ1n) is 11.3. The molecule has 0 atom stereocenters. The van der Waals surface area contributed by atoms with Gasteiger partial charge >= 0.3 is 0 Å². The molecule has 0 aliphatic rings. The summed E-state index contributed by atoms with van der Waals surface area (Å²) in [6.07, 6.45) is 12.8. The lowest BCUT2D eigenvalue weighted by molar-refractivity contribution is 0.667. The Morgan fingerprint density at radius 2 is 0.966 bits per heavy atom. The van der Waals surface area contributed by atoms with Crippen molar-refractivity contribution in [1.82, 2.24) is 10.2 Å². The number of hydrogen-bond donors (Lipinski definition) is 0. The Kier molecular flexibility index (Phi) is 8.88. The van der Waals surface area contributed by atoms with E-state index in [0.29, 0.717) is 0 Å². The zero-order valence-electron chi connectivity index (χ0n) is 18.0. The molecule has 3 aromatic rings. The minimum Gasteiger partial charge on any atom is -0.138 e. The zero-order chi connectivity index (χ0) is 20.3. The summed E-state index contributed by atoms with van der Waals surface area (Å²) in [7, 11) is 0. The molecule has 0 fully saturated rings. The average molecular weight is 407 g/mol. The molecule has 0 unspecified atom stereocenters. The number of benzene rings is 2. The van der Waals surface area contributed by atoms with Gasteiger partial charge < -0.3 is 0 Å². The summed E-state index contributed by atoms with van der Waals surface area (Å²) in [5, 5.41) is 10.9. The minimum absolute atomic E-state index is 1.00. The van der Waals surface area contributed by atoms with Gasteiger partial charge in [-0.2, -0.15) is 0 Å². The fourth-order valence-electron chi connectivity index (χ4n) is 3.60. The lowest BCUT2D eigenvalue weighted by atomic mass is 10.0. The highest BCUT2D eigenvalue weighted by Crippen LogP contribution is 2.30. The Hall–Kier alpha value is -2.00. The number of rotatable bonds is 12. The summed E-state index contributed by atoms with van der Waals surface area (Å²) < 4.78 is 0. The summed E-state index contributed by atoms with van der Waals surface area (Å²) in [4.78, 5) is 0. The molecule has 0 saturated heterocycles. The standard InChI is InChI=1S/C26H34N2S/c1-3-5-7-9-11-21-13-17-23(18-14-21)25-27-28-26(29-25)24-19-15-22(16-20-24)12-10-8-6-4-2/h13-20H,3-12H2,1-2H3. The SMILES string of the molecule is CCCCCCc1ccc(-c2nnc(-c3ccc(CCCCCC)cc3)s2)cc1. The van der Waals surface area contributed by atoms with Crippen LogP contribution in [-0.4, -0.2) is 10.2 Å². The van der Waals surface area contributed by atoms with E-state index in [1.165, 1.54) is 86.5 Å². The summed E-state index contributed by atoms with van der Waals surface area (Å²) in [6.45, 7) is 4.52. The first-order chi connectivity index (χ1) is 14.3. The second kappa shape index (κ2) is 11.9. The quantitative estimate of drug-likeness (QED) is 0.284. The summed E-state index contributed by atoms with van der Waals surface area (Å²) in [5.74, 6) is 0. The first-order valence-corrected chi connectivity index (χ1v) is 12.1. The van der Waals surface area contributed by atoms with Crippen LogP contribution < -0.4 is 0 Å². The molecule has 3 heteroatoms. The van der Waals surface area contributed by atoms with Gasteiger partial charge in [0.1, 0.15) is 10.0 Å². The van der Waals surface area contributed by atoms with Crippen molar-refractivity contribution in [1.29, 1.82) is 0 Å². The second-order valence-electron chi connectivity index (χ2n) is 7.93. The van der Waals surface area contributed by atoms with Gasteiger partial charge in [0.2, 0.25) is 0 Å². The van der Waals surface area contributed by atoms with Crippen LogP contribution in [0.5, 0.6) is 0 Å². The zero-order valence-corrected chi connectivity index (χ0v) is 18.8. The highest BCUT2D eigenvalue weighted by atomic mass is 32.1. The molecule has 2 nitrogen and oxygen atoms in total. The number of unbranched alkanes of at least 4 members (excludes halogenated alkanes) is 6. The highest BCUT2D eigenvalue weighted by molar-refractivity contribution is 7.17. The van der Waals surface area contributed by atoms with Crippen molar-refractivity contribution in [2.45, 2.75) is 78.1 Å². The van der Waals surface area contributed by atoms with E-state index in [1.807, 2.05) is 0 Å². The van der Waals surface area contributed by atoms with Crippen molar-refractivity contribution >= 4 is 11.3 Å². The molecule has 2 aromatic carbocycles. The maximum absolute atomic E-state index is 4.44. The molecule has 1 aromatic heterocycles.